The standard InChI is InChI=1S/C11H9BrN6O/c12-7-3-1-2-4-8(7)19-10-6-5-14-18-9(6)15-11(16-10)17-13/h1-5H,13H2,(H2,14,15,16,17,18). The first-order valence-electron chi connectivity index (χ1n) is 5.38. The minimum atomic E-state index is 0.249. The molecule has 4 N–H and O–H groups in total. The van der Waals surface area contributed by atoms with Gasteiger partial charge in [0.05, 0.1) is 10.7 Å². The van der Waals surface area contributed by atoms with Gasteiger partial charge in [0, 0.05) is 0 Å². The Labute approximate surface area is 116 Å². The van der Waals surface area contributed by atoms with Crippen LogP contribution in [0.25, 0.3) is 11.0 Å². The van der Waals surface area contributed by atoms with Crippen LogP contribution in [0.2, 0.25) is 0 Å². The van der Waals surface area contributed by atoms with E-state index >= 15 is 0 Å². The van der Waals surface area contributed by atoms with Gasteiger partial charge in [-0.2, -0.15) is 15.1 Å². The first kappa shape index (κ1) is 11.9. The molecule has 0 bridgehead atoms. The molecule has 19 heavy (non-hydrogen) atoms. The van der Waals surface area contributed by atoms with E-state index < -0.39 is 0 Å². The summed E-state index contributed by atoms with van der Waals surface area (Å²) in [5.74, 6) is 6.60. The van der Waals surface area contributed by atoms with Gasteiger partial charge < -0.3 is 4.74 Å². The number of nitrogens with zero attached hydrogens (tertiary/aromatic N) is 3. The first-order chi connectivity index (χ1) is 9.28. The first-order valence-corrected chi connectivity index (χ1v) is 6.17. The highest BCUT2D eigenvalue weighted by molar-refractivity contribution is 9.10. The summed E-state index contributed by atoms with van der Waals surface area (Å²) < 4.78 is 6.60. The zero-order chi connectivity index (χ0) is 13.2. The molecule has 0 aliphatic rings. The molecule has 0 saturated heterocycles. The minimum absolute atomic E-state index is 0.249. The van der Waals surface area contributed by atoms with Crippen LogP contribution in [0.3, 0.4) is 0 Å². The highest BCUT2D eigenvalue weighted by atomic mass is 79.9. The predicted octanol–water partition coefficient (Wildman–Crippen LogP) is 2.19. The second-order valence-corrected chi connectivity index (χ2v) is 4.52. The van der Waals surface area contributed by atoms with Crippen molar-refractivity contribution in [3.8, 4) is 11.6 Å². The van der Waals surface area contributed by atoms with E-state index in [-0.39, 0.29) is 5.95 Å². The van der Waals surface area contributed by atoms with Crippen LogP contribution in [0.15, 0.2) is 34.9 Å². The summed E-state index contributed by atoms with van der Waals surface area (Å²) in [7, 11) is 0. The maximum absolute atomic E-state index is 5.77. The lowest BCUT2D eigenvalue weighted by molar-refractivity contribution is 0.466. The third-order valence-electron chi connectivity index (χ3n) is 2.45. The van der Waals surface area contributed by atoms with Gasteiger partial charge in [0.1, 0.15) is 11.1 Å². The molecule has 0 unspecified atom stereocenters. The van der Waals surface area contributed by atoms with E-state index in [2.05, 4.69) is 41.5 Å². The van der Waals surface area contributed by atoms with Gasteiger partial charge in [-0.3, -0.25) is 10.5 Å². The third-order valence-corrected chi connectivity index (χ3v) is 3.10. The Morgan fingerprint density at radius 3 is 2.89 bits per heavy atom. The molecular formula is C11H9BrN6O. The van der Waals surface area contributed by atoms with Crippen LogP contribution in [0.5, 0.6) is 11.6 Å². The molecule has 0 saturated carbocycles. The summed E-state index contributed by atoms with van der Waals surface area (Å²) in [6, 6.07) is 7.48. The van der Waals surface area contributed by atoms with Gasteiger partial charge >= 0.3 is 0 Å². The van der Waals surface area contributed by atoms with Gasteiger partial charge in [0.15, 0.2) is 5.65 Å². The lowest BCUT2D eigenvalue weighted by atomic mass is 10.3. The summed E-state index contributed by atoms with van der Waals surface area (Å²) in [4.78, 5) is 8.30. The molecule has 1 aromatic carbocycles. The van der Waals surface area contributed by atoms with Crippen LogP contribution in [0.4, 0.5) is 5.95 Å². The number of rotatable bonds is 3. The van der Waals surface area contributed by atoms with E-state index in [1.165, 1.54) is 0 Å². The fourth-order valence-electron chi connectivity index (χ4n) is 1.58. The van der Waals surface area contributed by atoms with Crippen LogP contribution in [-0.4, -0.2) is 20.2 Å². The van der Waals surface area contributed by atoms with E-state index in [1.807, 2.05) is 24.3 Å². The van der Waals surface area contributed by atoms with Gasteiger partial charge in [-0.25, -0.2) is 5.84 Å². The molecule has 96 valence electrons. The van der Waals surface area contributed by atoms with Crippen molar-refractivity contribution in [3.63, 3.8) is 0 Å². The van der Waals surface area contributed by atoms with E-state index in [9.17, 15) is 0 Å². The quantitative estimate of drug-likeness (QED) is 0.505. The summed E-state index contributed by atoms with van der Waals surface area (Å²) >= 11 is 3.41. The number of fused-ring (bicyclic) bond motifs is 1. The van der Waals surface area contributed by atoms with E-state index in [0.29, 0.717) is 22.7 Å². The maximum atomic E-state index is 5.77. The highest BCUT2D eigenvalue weighted by Crippen LogP contribution is 2.31. The molecule has 0 aliphatic carbocycles. The van der Waals surface area contributed by atoms with Gasteiger partial charge in [-0.05, 0) is 28.1 Å². The Morgan fingerprint density at radius 1 is 1.26 bits per heavy atom. The van der Waals surface area contributed by atoms with Gasteiger partial charge in [0.2, 0.25) is 11.8 Å². The number of anilines is 1. The van der Waals surface area contributed by atoms with Crippen molar-refractivity contribution in [1.29, 1.82) is 0 Å². The van der Waals surface area contributed by atoms with Crippen LogP contribution in [0, 0.1) is 0 Å². The molecular weight excluding hydrogens is 312 g/mol. The Hall–Kier alpha value is -2.19. The van der Waals surface area contributed by atoms with Crippen molar-refractivity contribution >= 4 is 32.9 Å². The number of nitrogens with two attached hydrogens (primary N) is 1. The molecule has 8 heteroatoms. The zero-order valence-electron chi connectivity index (χ0n) is 9.59. The normalized spacial score (nSPS) is 10.6. The number of hydrogen-bond donors (Lipinski definition) is 3. The molecule has 3 aromatic rings. The third kappa shape index (κ3) is 2.23. The fraction of sp³-hybridized carbons (Fsp3) is 0. The van der Waals surface area contributed by atoms with Crippen LogP contribution < -0.4 is 16.0 Å². The van der Waals surface area contributed by atoms with Crippen molar-refractivity contribution in [3.05, 3.63) is 34.9 Å². The second kappa shape index (κ2) is 4.82. The Bertz CT molecular complexity index is 728. The topological polar surface area (TPSA) is 102 Å². The smallest absolute Gasteiger partial charge is 0.242 e. The number of aromatic amines is 1. The number of nitrogens with one attached hydrogen (secondary N) is 2. The average molecular weight is 321 g/mol. The molecule has 0 amide bonds. The number of hydrogen-bond acceptors (Lipinski definition) is 6. The number of para-hydroxylation sites is 1. The van der Waals surface area contributed by atoms with Crippen molar-refractivity contribution < 1.29 is 4.74 Å². The number of benzene rings is 1. The summed E-state index contributed by atoms with van der Waals surface area (Å²) in [5, 5.41) is 7.34. The lowest BCUT2D eigenvalue weighted by Gasteiger charge is -2.08. The van der Waals surface area contributed by atoms with Crippen LogP contribution in [0.1, 0.15) is 0 Å². The van der Waals surface area contributed by atoms with Gasteiger partial charge in [-0.1, -0.05) is 12.1 Å². The average Bonchev–Trinajstić information content (AvgIpc) is 2.89. The van der Waals surface area contributed by atoms with E-state index in [0.717, 1.165) is 4.47 Å². The second-order valence-electron chi connectivity index (χ2n) is 3.66. The summed E-state index contributed by atoms with van der Waals surface area (Å²) in [6.07, 6.45) is 1.60. The van der Waals surface area contributed by atoms with E-state index in [4.69, 9.17) is 10.6 Å². The highest BCUT2D eigenvalue weighted by Gasteiger charge is 2.12. The fourth-order valence-corrected chi connectivity index (χ4v) is 1.95. The molecule has 3 rings (SSSR count). The summed E-state index contributed by atoms with van der Waals surface area (Å²) in [5.41, 5.74) is 2.93. The minimum Gasteiger partial charge on any atom is -0.437 e. The molecule has 0 fully saturated rings. The number of aromatic nitrogens is 4. The molecule has 0 atom stereocenters. The zero-order valence-corrected chi connectivity index (χ0v) is 11.2. The molecule has 2 heterocycles. The number of halogens is 1. The molecule has 7 nitrogen and oxygen atoms in total. The predicted molar refractivity (Wildman–Crippen MR) is 73.7 cm³/mol. The largest absolute Gasteiger partial charge is 0.437 e. The number of nitrogen functional groups attached to an aromatic ring is 1. The van der Waals surface area contributed by atoms with Crippen molar-refractivity contribution in [1.82, 2.24) is 20.2 Å². The number of hydrazine groups is 1. The lowest BCUT2D eigenvalue weighted by Crippen LogP contribution is -2.10. The van der Waals surface area contributed by atoms with Gasteiger partial charge in [-0.15, -0.1) is 0 Å². The number of ether oxygens (including phenoxy) is 1. The SMILES string of the molecule is NNc1nc(Oc2ccccc2Br)c2cn[nH]c2n1. The molecule has 0 aliphatic heterocycles. The molecule has 0 radical (unpaired) electrons. The van der Waals surface area contributed by atoms with Crippen LogP contribution >= 0.6 is 15.9 Å². The molecule has 2 aromatic heterocycles. The number of H-pyrrole nitrogens is 1. The molecule has 0 spiro atoms. The van der Waals surface area contributed by atoms with Crippen molar-refractivity contribution in [2.45, 2.75) is 0 Å². The Morgan fingerprint density at radius 2 is 2.11 bits per heavy atom. The van der Waals surface area contributed by atoms with Crippen molar-refractivity contribution in [2.24, 2.45) is 5.84 Å². The Balaban J connectivity index is 2.09. The van der Waals surface area contributed by atoms with Gasteiger partial charge in [0.25, 0.3) is 0 Å². The Kier molecular flexibility index (Phi) is 3.02. The van der Waals surface area contributed by atoms with Crippen LogP contribution in [-0.2, 0) is 0 Å². The van der Waals surface area contributed by atoms with E-state index in [1.54, 1.807) is 6.20 Å². The summed E-state index contributed by atoms with van der Waals surface area (Å²) in [6.45, 7) is 0. The monoisotopic (exact) mass is 320 g/mol. The van der Waals surface area contributed by atoms with Crippen molar-refractivity contribution in [2.75, 3.05) is 5.43 Å². The maximum Gasteiger partial charge on any atom is 0.242 e.